The zero-order valence-corrected chi connectivity index (χ0v) is 19.7. The van der Waals surface area contributed by atoms with Crippen molar-refractivity contribution in [3.63, 3.8) is 0 Å². The van der Waals surface area contributed by atoms with Gasteiger partial charge in [0.15, 0.2) is 0 Å². The van der Waals surface area contributed by atoms with E-state index in [9.17, 15) is 10.1 Å². The summed E-state index contributed by atoms with van der Waals surface area (Å²) in [5, 5.41) is 19.3. The molecule has 0 spiro atoms. The van der Waals surface area contributed by atoms with Crippen LogP contribution >= 0.6 is 11.6 Å². The number of halogens is 1. The summed E-state index contributed by atoms with van der Waals surface area (Å²) in [5.74, 6) is 2.20. The highest BCUT2D eigenvalue weighted by Gasteiger charge is 2.22. The number of nitro groups is 1. The highest BCUT2D eigenvalue weighted by molar-refractivity contribution is 6.31. The first-order chi connectivity index (χ1) is 15.9. The predicted molar refractivity (Wildman–Crippen MR) is 133 cm³/mol. The Morgan fingerprint density at radius 3 is 2.58 bits per heavy atom. The van der Waals surface area contributed by atoms with E-state index in [2.05, 4.69) is 16.7 Å². The third kappa shape index (κ3) is 5.69. The Bertz CT molecular complexity index is 1130. The molecule has 33 heavy (non-hydrogen) atoms. The Kier molecular flexibility index (Phi) is 7.25. The van der Waals surface area contributed by atoms with Crippen molar-refractivity contribution < 1.29 is 4.92 Å². The van der Waals surface area contributed by atoms with E-state index < -0.39 is 4.92 Å². The van der Waals surface area contributed by atoms with Crippen LogP contribution < -0.4 is 15.5 Å². The largest absolute Gasteiger partial charge is 0.362 e. The molecule has 2 N–H and O–H groups in total. The topological polar surface area (TPSA) is 96.2 Å². The summed E-state index contributed by atoms with van der Waals surface area (Å²) in [4.78, 5) is 21.9. The van der Waals surface area contributed by atoms with Crippen LogP contribution in [0.25, 0.3) is 10.9 Å². The molecule has 8 nitrogen and oxygen atoms in total. The average molecular weight is 469 g/mol. The number of fused-ring (bicyclic) bond motifs is 1. The van der Waals surface area contributed by atoms with Gasteiger partial charge < -0.3 is 15.5 Å². The van der Waals surface area contributed by atoms with Gasteiger partial charge in [-0.3, -0.25) is 10.1 Å². The van der Waals surface area contributed by atoms with Gasteiger partial charge in [0.05, 0.1) is 15.5 Å². The molecule has 1 heterocycles. The molecule has 0 aliphatic heterocycles. The Morgan fingerprint density at radius 2 is 1.88 bits per heavy atom. The summed E-state index contributed by atoms with van der Waals surface area (Å²) < 4.78 is 0. The van der Waals surface area contributed by atoms with Gasteiger partial charge >= 0.3 is 0 Å². The number of benzene rings is 2. The number of hydrogen-bond donors (Lipinski definition) is 2. The van der Waals surface area contributed by atoms with Crippen molar-refractivity contribution in [3.05, 3.63) is 63.2 Å². The van der Waals surface area contributed by atoms with E-state index >= 15 is 0 Å². The molecule has 9 heteroatoms. The van der Waals surface area contributed by atoms with Crippen molar-refractivity contribution in [1.82, 2.24) is 15.3 Å². The van der Waals surface area contributed by atoms with Crippen molar-refractivity contribution in [3.8, 4) is 0 Å². The van der Waals surface area contributed by atoms with Crippen molar-refractivity contribution in [2.75, 3.05) is 30.9 Å². The molecule has 0 radical (unpaired) electrons. The fourth-order valence-corrected chi connectivity index (χ4v) is 4.60. The summed E-state index contributed by atoms with van der Waals surface area (Å²) in [6.07, 6.45) is 4.37. The normalized spacial score (nSPS) is 18.3. The van der Waals surface area contributed by atoms with Crippen LogP contribution in [0, 0.1) is 16.0 Å². The molecule has 0 atom stereocenters. The van der Waals surface area contributed by atoms with E-state index in [-0.39, 0.29) is 5.69 Å². The Balaban J connectivity index is 1.28. The SMILES string of the molecule is CN(C)c1nc(NC2CCC(CNCc3ccc([N+](=O)[O-])cc3Cl)CC2)nc2ccccc12. The Hall–Kier alpha value is -2.97. The fourth-order valence-electron chi connectivity index (χ4n) is 4.36. The smallest absolute Gasteiger partial charge is 0.270 e. The van der Waals surface area contributed by atoms with Crippen molar-refractivity contribution in [2.45, 2.75) is 38.3 Å². The zero-order valence-electron chi connectivity index (χ0n) is 18.9. The van der Waals surface area contributed by atoms with Gasteiger partial charge in [-0.25, -0.2) is 4.98 Å². The highest BCUT2D eigenvalue weighted by Crippen LogP contribution is 2.28. The number of anilines is 2. The fraction of sp³-hybridized carbons (Fsp3) is 0.417. The monoisotopic (exact) mass is 468 g/mol. The van der Waals surface area contributed by atoms with E-state index in [0.29, 0.717) is 29.5 Å². The summed E-state index contributed by atoms with van der Waals surface area (Å²) in [7, 11) is 4.00. The van der Waals surface area contributed by atoms with E-state index in [0.717, 1.165) is 54.5 Å². The second kappa shape index (κ2) is 10.3. The number of nitrogens with zero attached hydrogens (tertiary/aromatic N) is 4. The number of rotatable bonds is 8. The molecular weight excluding hydrogens is 440 g/mol. The van der Waals surface area contributed by atoms with E-state index in [1.807, 2.05) is 37.2 Å². The Morgan fingerprint density at radius 1 is 1.12 bits per heavy atom. The van der Waals surface area contributed by atoms with Crippen LogP contribution in [0.2, 0.25) is 5.02 Å². The second-order valence-corrected chi connectivity index (χ2v) is 9.22. The maximum Gasteiger partial charge on any atom is 0.270 e. The van der Waals surface area contributed by atoms with Gasteiger partial charge in [0.25, 0.3) is 5.69 Å². The van der Waals surface area contributed by atoms with Crippen LogP contribution in [0.4, 0.5) is 17.5 Å². The lowest BCUT2D eigenvalue weighted by molar-refractivity contribution is -0.384. The number of hydrogen-bond acceptors (Lipinski definition) is 7. The van der Waals surface area contributed by atoms with Gasteiger partial charge in [0.2, 0.25) is 5.95 Å². The minimum absolute atomic E-state index is 0.0164. The molecule has 0 amide bonds. The summed E-state index contributed by atoms with van der Waals surface area (Å²) >= 11 is 6.19. The minimum atomic E-state index is -0.431. The molecule has 1 fully saturated rings. The van der Waals surface area contributed by atoms with Gasteiger partial charge in [-0.2, -0.15) is 4.98 Å². The van der Waals surface area contributed by atoms with E-state index in [1.54, 1.807) is 6.07 Å². The van der Waals surface area contributed by atoms with Crippen LogP contribution in [0.5, 0.6) is 0 Å². The van der Waals surface area contributed by atoms with Gasteiger partial charge in [-0.05, 0) is 61.9 Å². The quantitative estimate of drug-likeness (QED) is 0.354. The average Bonchev–Trinajstić information content (AvgIpc) is 2.80. The number of non-ortho nitro benzene ring substituents is 1. The van der Waals surface area contributed by atoms with E-state index in [1.165, 1.54) is 12.1 Å². The lowest BCUT2D eigenvalue weighted by Crippen LogP contribution is -2.31. The van der Waals surface area contributed by atoms with Crippen molar-refractivity contribution >= 4 is 40.0 Å². The van der Waals surface area contributed by atoms with Crippen LogP contribution in [0.15, 0.2) is 42.5 Å². The van der Waals surface area contributed by atoms with Gasteiger partial charge in [0, 0.05) is 44.2 Å². The van der Waals surface area contributed by atoms with Crippen molar-refractivity contribution in [1.29, 1.82) is 0 Å². The van der Waals surface area contributed by atoms with Crippen molar-refractivity contribution in [2.24, 2.45) is 5.92 Å². The standard InChI is InChI=1S/C24H29ClN6O2/c1-30(2)23-20-5-3-4-6-22(20)28-24(29-23)27-18-10-7-16(8-11-18)14-26-15-17-9-12-19(31(32)33)13-21(17)25/h3-6,9,12-13,16,18,26H,7-8,10-11,14-15H2,1-2H3,(H,27,28,29). The van der Waals surface area contributed by atoms with E-state index in [4.69, 9.17) is 21.6 Å². The van der Waals surface area contributed by atoms with Crippen LogP contribution in [0.3, 0.4) is 0 Å². The van der Waals surface area contributed by atoms with Gasteiger partial charge in [-0.1, -0.05) is 23.7 Å². The molecule has 1 aromatic heterocycles. The maximum atomic E-state index is 10.8. The summed E-state index contributed by atoms with van der Waals surface area (Å²) in [6.45, 7) is 1.50. The zero-order chi connectivity index (χ0) is 23.4. The minimum Gasteiger partial charge on any atom is -0.362 e. The third-order valence-electron chi connectivity index (χ3n) is 6.18. The first kappa shape index (κ1) is 23.2. The van der Waals surface area contributed by atoms with Gasteiger partial charge in [0.1, 0.15) is 5.82 Å². The number of nitro benzene ring substituents is 1. The number of para-hydroxylation sites is 1. The first-order valence-corrected chi connectivity index (χ1v) is 11.6. The van der Waals surface area contributed by atoms with Crippen LogP contribution in [0.1, 0.15) is 31.2 Å². The molecule has 0 saturated heterocycles. The predicted octanol–water partition coefficient (Wildman–Crippen LogP) is 5.02. The molecule has 4 rings (SSSR count). The number of nitrogens with one attached hydrogen (secondary N) is 2. The molecule has 1 saturated carbocycles. The van der Waals surface area contributed by atoms with Crippen LogP contribution in [-0.4, -0.2) is 41.6 Å². The lowest BCUT2D eigenvalue weighted by Gasteiger charge is -2.29. The molecule has 174 valence electrons. The molecule has 2 aromatic carbocycles. The molecule has 1 aliphatic rings. The van der Waals surface area contributed by atoms with Crippen LogP contribution in [-0.2, 0) is 6.54 Å². The molecule has 1 aliphatic carbocycles. The maximum absolute atomic E-state index is 10.8. The highest BCUT2D eigenvalue weighted by atomic mass is 35.5. The Labute approximate surface area is 198 Å². The third-order valence-corrected chi connectivity index (χ3v) is 6.53. The first-order valence-electron chi connectivity index (χ1n) is 11.2. The van der Waals surface area contributed by atoms with Gasteiger partial charge in [-0.15, -0.1) is 0 Å². The molecule has 3 aromatic rings. The molecule has 0 unspecified atom stereocenters. The summed E-state index contributed by atoms with van der Waals surface area (Å²) in [5.41, 5.74) is 1.84. The number of aromatic nitrogens is 2. The molecule has 0 bridgehead atoms. The second-order valence-electron chi connectivity index (χ2n) is 8.81. The molecular formula is C24H29ClN6O2. The summed E-state index contributed by atoms with van der Waals surface area (Å²) in [6, 6.07) is 13.1. The lowest BCUT2D eigenvalue weighted by atomic mass is 9.86.